The van der Waals surface area contributed by atoms with Crippen LogP contribution in [0.25, 0.3) is 11.1 Å². The van der Waals surface area contributed by atoms with Crippen LogP contribution >= 0.6 is 0 Å². The van der Waals surface area contributed by atoms with Crippen molar-refractivity contribution in [2.75, 3.05) is 0 Å². The number of hydrogen-bond donors (Lipinski definition) is 0. The van der Waals surface area contributed by atoms with Crippen LogP contribution in [0.5, 0.6) is 5.75 Å². The van der Waals surface area contributed by atoms with E-state index in [0.717, 1.165) is 11.6 Å². The van der Waals surface area contributed by atoms with Gasteiger partial charge in [0.15, 0.2) is 0 Å². The molecule has 0 N–H and O–H groups in total. The molecule has 0 atom stereocenters. The van der Waals surface area contributed by atoms with Crippen molar-refractivity contribution in [2.45, 2.75) is 51.0 Å². The molecule has 0 spiro atoms. The molecule has 0 aromatic heterocycles. The number of benzene rings is 3. The maximum absolute atomic E-state index is 14.2. The fraction of sp³-hybridized carbons (Fsp3) is 0.296. The van der Waals surface area contributed by atoms with Crippen molar-refractivity contribution in [3.8, 4) is 22.9 Å². The van der Waals surface area contributed by atoms with E-state index in [1.807, 2.05) is 0 Å². The summed E-state index contributed by atoms with van der Waals surface area (Å²) >= 11 is 0. The van der Waals surface area contributed by atoms with E-state index in [0.29, 0.717) is 35.0 Å². The summed E-state index contributed by atoms with van der Waals surface area (Å²) < 4.78 is 33.4. The highest BCUT2D eigenvalue weighted by Gasteiger charge is 2.15. The number of halogens is 2. The third-order valence-corrected chi connectivity index (χ3v) is 6.02. The highest BCUT2D eigenvalue weighted by Crippen LogP contribution is 2.33. The van der Waals surface area contributed by atoms with Crippen LogP contribution in [0.2, 0.25) is 0 Å². The molecule has 3 aromatic rings. The molecule has 0 saturated heterocycles. The van der Waals surface area contributed by atoms with Crippen LogP contribution in [0.3, 0.4) is 0 Å². The molecule has 1 aliphatic rings. The minimum atomic E-state index is -0.630. The van der Waals surface area contributed by atoms with Gasteiger partial charge in [0.2, 0.25) is 0 Å². The van der Waals surface area contributed by atoms with Crippen LogP contribution in [0.15, 0.2) is 60.7 Å². The van der Waals surface area contributed by atoms with E-state index in [-0.39, 0.29) is 6.42 Å². The molecule has 3 aromatic carbocycles. The van der Waals surface area contributed by atoms with Gasteiger partial charge in [-0.05, 0) is 59.7 Å². The molecule has 0 bridgehead atoms. The molecule has 0 heterocycles. The van der Waals surface area contributed by atoms with E-state index >= 15 is 0 Å². The Morgan fingerprint density at radius 3 is 2.39 bits per heavy atom. The van der Waals surface area contributed by atoms with Gasteiger partial charge in [-0.3, -0.25) is 0 Å². The second kappa shape index (κ2) is 9.75. The van der Waals surface area contributed by atoms with Crippen molar-refractivity contribution >= 4 is 0 Å². The fourth-order valence-corrected chi connectivity index (χ4v) is 4.32. The van der Waals surface area contributed by atoms with Gasteiger partial charge in [-0.25, -0.2) is 8.78 Å². The fourth-order valence-electron chi connectivity index (χ4n) is 4.32. The van der Waals surface area contributed by atoms with E-state index in [9.17, 15) is 14.0 Å². The summed E-state index contributed by atoms with van der Waals surface area (Å²) in [5, 5.41) is 9.21. The quantitative estimate of drug-likeness (QED) is 0.421. The Morgan fingerprint density at radius 1 is 0.903 bits per heavy atom. The number of ether oxygens (including phenoxy) is 1. The van der Waals surface area contributed by atoms with Gasteiger partial charge in [-0.15, -0.1) is 0 Å². The molecule has 1 fully saturated rings. The normalized spacial score (nSPS) is 14.2. The first-order valence-corrected chi connectivity index (χ1v) is 10.8. The van der Waals surface area contributed by atoms with Gasteiger partial charge in [-0.2, -0.15) is 5.26 Å². The Balaban J connectivity index is 1.48. The molecule has 0 unspecified atom stereocenters. The largest absolute Gasteiger partial charge is 0.489 e. The summed E-state index contributed by atoms with van der Waals surface area (Å²) in [5.74, 6) is 0.0251. The standard InChI is InChI=1S/C27H25F2NO/c28-24-11-12-25(26(29)17-24)22-10-13-27(23(16-22)14-15-30)31-18-19-6-8-21(9-7-19)20-4-2-1-3-5-20/h6-13,16-17,20H,1-5,14,18H2. The summed E-state index contributed by atoms with van der Waals surface area (Å²) in [7, 11) is 0. The highest BCUT2D eigenvalue weighted by molar-refractivity contribution is 5.66. The monoisotopic (exact) mass is 417 g/mol. The number of nitrogens with zero attached hydrogens (tertiary/aromatic N) is 1. The lowest BCUT2D eigenvalue weighted by Crippen LogP contribution is -2.05. The molecule has 31 heavy (non-hydrogen) atoms. The van der Waals surface area contributed by atoms with Crippen LogP contribution < -0.4 is 4.74 Å². The van der Waals surface area contributed by atoms with Gasteiger partial charge in [0.25, 0.3) is 0 Å². The lowest BCUT2D eigenvalue weighted by Gasteiger charge is -2.22. The van der Waals surface area contributed by atoms with Crippen LogP contribution in [-0.2, 0) is 13.0 Å². The first-order valence-electron chi connectivity index (χ1n) is 10.8. The van der Waals surface area contributed by atoms with Crippen LogP contribution in [0.4, 0.5) is 8.78 Å². The lowest BCUT2D eigenvalue weighted by molar-refractivity contribution is 0.303. The minimum absolute atomic E-state index is 0.145. The zero-order chi connectivity index (χ0) is 21.6. The van der Waals surface area contributed by atoms with Crippen LogP contribution in [0.1, 0.15) is 54.7 Å². The molecule has 0 radical (unpaired) electrons. The predicted octanol–water partition coefficient (Wildman–Crippen LogP) is 7.32. The highest BCUT2D eigenvalue weighted by atomic mass is 19.1. The Kier molecular flexibility index (Phi) is 6.62. The van der Waals surface area contributed by atoms with E-state index in [2.05, 4.69) is 30.3 Å². The van der Waals surface area contributed by atoms with Crippen molar-refractivity contribution in [2.24, 2.45) is 0 Å². The molecule has 158 valence electrons. The van der Waals surface area contributed by atoms with Gasteiger partial charge in [-0.1, -0.05) is 49.6 Å². The molecule has 2 nitrogen and oxygen atoms in total. The van der Waals surface area contributed by atoms with Gasteiger partial charge >= 0.3 is 0 Å². The SMILES string of the molecule is N#CCc1cc(-c2ccc(F)cc2F)ccc1OCc1ccc(C2CCCCC2)cc1. The zero-order valence-corrected chi connectivity index (χ0v) is 17.4. The minimum Gasteiger partial charge on any atom is -0.489 e. The zero-order valence-electron chi connectivity index (χ0n) is 17.4. The lowest BCUT2D eigenvalue weighted by atomic mass is 9.84. The average molecular weight is 417 g/mol. The Hall–Kier alpha value is -3.19. The van der Waals surface area contributed by atoms with E-state index in [1.165, 1.54) is 49.8 Å². The number of nitriles is 1. The molecule has 4 rings (SSSR count). The van der Waals surface area contributed by atoms with Crippen molar-refractivity contribution in [3.63, 3.8) is 0 Å². The molecule has 4 heteroatoms. The summed E-state index contributed by atoms with van der Waals surface area (Å²) in [6, 6.07) is 19.5. The summed E-state index contributed by atoms with van der Waals surface area (Å²) in [4.78, 5) is 0. The van der Waals surface area contributed by atoms with Crippen molar-refractivity contribution in [3.05, 3.63) is 89.0 Å². The van der Waals surface area contributed by atoms with E-state index < -0.39 is 11.6 Å². The predicted molar refractivity (Wildman–Crippen MR) is 118 cm³/mol. The maximum atomic E-state index is 14.2. The van der Waals surface area contributed by atoms with Gasteiger partial charge < -0.3 is 4.74 Å². The van der Waals surface area contributed by atoms with Crippen LogP contribution in [0, 0.1) is 23.0 Å². The molecular weight excluding hydrogens is 392 g/mol. The third kappa shape index (κ3) is 5.11. The topological polar surface area (TPSA) is 33.0 Å². The molecule has 1 aliphatic carbocycles. The summed E-state index contributed by atoms with van der Waals surface area (Å²) in [5.41, 5.74) is 4.04. The Labute approximate surface area is 182 Å². The second-order valence-electron chi connectivity index (χ2n) is 8.15. The smallest absolute Gasteiger partial charge is 0.133 e. The summed E-state index contributed by atoms with van der Waals surface area (Å²) in [6.45, 7) is 0.396. The Morgan fingerprint density at radius 2 is 1.68 bits per heavy atom. The maximum Gasteiger partial charge on any atom is 0.133 e. The summed E-state index contributed by atoms with van der Waals surface area (Å²) in [6.07, 6.45) is 6.67. The van der Waals surface area contributed by atoms with Gasteiger partial charge in [0.05, 0.1) is 12.5 Å². The third-order valence-electron chi connectivity index (χ3n) is 6.02. The first-order chi connectivity index (χ1) is 15.1. The van der Waals surface area contributed by atoms with Gasteiger partial charge in [0, 0.05) is 17.2 Å². The molecule has 0 amide bonds. The second-order valence-corrected chi connectivity index (χ2v) is 8.15. The van der Waals surface area contributed by atoms with Gasteiger partial charge in [0.1, 0.15) is 24.0 Å². The number of hydrogen-bond acceptors (Lipinski definition) is 2. The first kappa shape index (κ1) is 21.1. The van der Waals surface area contributed by atoms with Crippen molar-refractivity contribution in [1.29, 1.82) is 5.26 Å². The Bertz CT molecular complexity index is 1080. The van der Waals surface area contributed by atoms with E-state index in [4.69, 9.17) is 4.74 Å². The molecule has 1 saturated carbocycles. The molecular formula is C27H25F2NO. The molecule has 0 aliphatic heterocycles. The van der Waals surface area contributed by atoms with Crippen molar-refractivity contribution < 1.29 is 13.5 Å². The van der Waals surface area contributed by atoms with E-state index in [1.54, 1.807) is 18.2 Å². The average Bonchev–Trinajstić information content (AvgIpc) is 2.79. The van der Waals surface area contributed by atoms with Crippen LogP contribution in [-0.4, -0.2) is 0 Å². The van der Waals surface area contributed by atoms with Crippen molar-refractivity contribution in [1.82, 2.24) is 0 Å². The number of rotatable bonds is 6.